The van der Waals surface area contributed by atoms with Crippen molar-refractivity contribution in [2.45, 2.75) is 19.6 Å². The van der Waals surface area contributed by atoms with Crippen molar-refractivity contribution in [2.24, 2.45) is 0 Å². The largest absolute Gasteiger partial charge is 0.489 e. The van der Waals surface area contributed by atoms with Gasteiger partial charge in [0, 0.05) is 5.69 Å². The molecule has 1 unspecified atom stereocenters. The van der Waals surface area contributed by atoms with E-state index < -0.39 is 6.10 Å². The van der Waals surface area contributed by atoms with Gasteiger partial charge >= 0.3 is 0 Å². The van der Waals surface area contributed by atoms with Gasteiger partial charge in [0.25, 0.3) is 5.91 Å². The van der Waals surface area contributed by atoms with Gasteiger partial charge in [-0.25, -0.2) is 4.68 Å². The lowest BCUT2D eigenvalue weighted by molar-refractivity contribution is -0.122. The molecule has 1 amide bonds. The van der Waals surface area contributed by atoms with Crippen molar-refractivity contribution in [3.8, 4) is 17.2 Å². The smallest absolute Gasteiger partial charge is 0.265 e. The second kappa shape index (κ2) is 9.53. The molecule has 4 rings (SSSR count). The molecule has 1 heterocycles. The number of tetrazole rings is 1. The Labute approximate surface area is 179 Å². The van der Waals surface area contributed by atoms with Gasteiger partial charge in [-0.15, -0.1) is 5.10 Å². The minimum absolute atomic E-state index is 0.248. The van der Waals surface area contributed by atoms with Crippen LogP contribution in [-0.2, 0) is 11.4 Å². The lowest BCUT2D eigenvalue weighted by atomic mass is 10.2. The van der Waals surface area contributed by atoms with Crippen molar-refractivity contribution in [3.05, 3.63) is 90.8 Å². The normalized spacial score (nSPS) is 11.5. The van der Waals surface area contributed by atoms with Crippen LogP contribution in [0.15, 0.2) is 85.2 Å². The number of amides is 1. The fourth-order valence-corrected chi connectivity index (χ4v) is 2.83. The molecule has 0 aliphatic carbocycles. The summed E-state index contributed by atoms with van der Waals surface area (Å²) in [6.07, 6.45) is 0.831. The molecule has 8 heteroatoms. The summed E-state index contributed by atoms with van der Waals surface area (Å²) in [5.41, 5.74) is 2.56. The fraction of sp³-hybridized carbons (Fsp3) is 0.130. The fourth-order valence-electron chi connectivity index (χ4n) is 2.83. The van der Waals surface area contributed by atoms with Gasteiger partial charge in [-0.1, -0.05) is 30.3 Å². The predicted octanol–water partition coefficient (Wildman–Crippen LogP) is 3.65. The zero-order chi connectivity index (χ0) is 21.5. The van der Waals surface area contributed by atoms with E-state index in [0.717, 1.165) is 17.0 Å². The van der Waals surface area contributed by atoms with Crippen LogP contribution in [-0.4, -0.2) is 32.2 Å². The van der Waals surface area contributed by atoms with Crippen molar-refractivity contribution in [1.82, 2.24) is 20.2 Å². The Morgan fingerprint density at radius 1 is 0.968 bits per heavy atom. The van der Waals surface area contributed by atoms with Crippen LogP contribution < -0.4 is 14.8 Å². The monoisotopic (exact) mass is 415 g/mol. The maximum absolute atomic E-state index is 12.5. The first-order valence-corrected chi connectivity index (χ1v) is 9.75. The Hall–Kier alpha value is -4.20. The summed E-state index contributed by atoms with van der Waals surface area (Å²) in [6.45, 7) is 2.19. The average Bonchev–Trinajstić information content (AvgIpc) is 3.35. The summed E-state index contributed by atoms with van der Waals surface area (Å²) in [6, 6.07) is 24.3. The zero-order valence-electron chi connectivity index (χ0n) is 16.9. The molecule has 0 radical (unpaired) electrons. The molecule has 1 aromatic heterocycles. The SMILES string of the molecule is CC(Oc1ccc(-n2cnnn2)cc1)C(=O)Nc1ccc(OCc2ccccc2)cc1. The standard InChI is InChI=1S/C23H21N5O3/c1-17(31-22-13-9-20(10-14-22)28-16-24-26-27-28)23(29)25-19-7-11-21(12-8-19)30-15-18-5-3-2-4-6-18/h2-14,16-17H,15H2,1H3,(H,25,29). The molecule has 4 aromatic rings. The van der Waals surface area contributed by atoms with E-state index >= 15 is 0 Å². The van der Waals surface area contributed by atoms with Gasteiger partial charge in [0.2, 0.25) is 0 Å². The topological polar surface area (TPSA) is 91.2 Å². The van der Waals surface area contributed by atoms with Crippen LogP contribution in [0.5, 0.6) is 11.5 Å². The minimum atomic E-state index is -0.673. The maximum Gasteiger partial charge on any atom is 0.265 e. The lowest BCUT2D eigenvalue weighted by Gasteiger charge is -2.15. The van der Waals surface area contributed by atoms with Gasteiger partial charge in [-0.05, 0) is 71.4 Å². The van der Waals surface area contributed by atoms with Crippen LogP contribution in [0.1, 0.15) is 12.5 Å². The van der Waals surface area contributed by atoms with Crippen LogP contribution in [0.3, 0.4) is 0 Å². The van der Waals surface area contributed by atoms with Crippen LogP contribution in [0.25, 0.3) is 5.69 Å². The highest BCUT2D eigenvalue weighted by Gasteiger charge is 2.15. The number of nitrogens with zero attached hydrogens (tertiary/aromatic N) is 4. The van der Waals surface area contributed by atoms with E-state index in [4.69, 9.17) is 9.47 Å². The van der Waals surface area contributed by atoms with E-state index in [2.05, 4.69) is 20.8 Å². The number of carbonyl (C=O) groups excluding carboxylic acids is 1. The quantitative estimate of drug-likeness (QED) is 0.472. The Morgan fingerprint density at radius 3 is 2.35 bits per heavy atom. The van der Waals surface area contributed by atoms with E-state index in [1.54, 1.807) is 31.2 Å². The highest BCUT2D eigenvalue weighted by atomic mass is 16.5. The number of carbonyl (C=O) groups is 1. The number of anilines is 1. The van der Waals surface area contributed by atoms with E-state index in [9.17, 15) is 4.79 Å². The van der Waals surface area contributed by atoms with E-state index in [1.165, 1.54) is 11.0 Å². The Morgan fingerprint density at radius 2 is 1.68 bits per heavy atom. The third-order valence-corrected chi connectivity index (χ3v) is 4.50. The molecule has 156 valence electrons. The number of aromatic nitrogens is 4. The zero-order valence-corrected chi connectivity index (χ0v) is 16.9. The molecule has 1 atom stereocenters. The number of ether oxygens (including phenoxy) is 2. The van der Waals surface area contributed by atoms with Crippen molar-refractivity contribution >= 4 is 11.6 Å². The van der Waals surface area contributed by atoms with Crippen molar-refractivity contribution in [2.75, 3.05) is 5.32 Å². The molecule has 0 saturated carbocycles. The molecule has 8 nitrogen and oxygen atoms in total. The highest BCUT2D eigenvalue weighted by Crippen LogP contribution is 2.19. The number of rotatable bonds is 8. The number of nitrogens with one attached hydrogen (secondary N) is 1. The lowest BCUT2D eigenvalue weighted by Crippen LogP contribution is -2.30. The number of hydrogen-bond donors (Lipinski definition) is 1. The summed E-state index contributed by atoms with van der Waals surface area (Å²) in [7, 11) is 0. The third kappa shape index (κ3) is 5.45. The van der Waals surface area contributed by atoms with E-state index in [-0.39, 0.29) is 5.91 Å². The molecule has 0 saturated heterocycles. The van der Waals surface area contributed by atoms with Gasteiger partial charge in [0.05, 0.1) is 5.69 Å². The molecular weight excluding hydrogens is 394 g/mol. The Kier molecular flexibility index (Phi) is 6.18. The Bertz CT molecular complexity index is 1100. The number of benzene rings is 3. The molecular formula is C23H21N5O3. The second-order valence-electron chi connectivity index (χ2n) is 6.80. The highest BCUT2D eigenvalue weighted by molar-refractivity contribution is 5.94. The Balaban J connectivity index is 1.28. The second-order valence-corrected chi connectivity index (χ2v) is 6.80. The van der Waals surface area contributed by atoms with Gasteiger partial charge in [-0.2, -0.15) is 0 Å². The number of hydrogen-bond acceptors (Lipinski definition) is 6. The van der Waals surface area contributed by atoms with Gasteiger partial charge in [-0.3, -0.25) is 4.79 Å². The molecule has 0 aliphatic heterocycles. The summed E-state index contributed by atoms with van der Waals surface area (Å²) >= 11 is 0. The molecule has 0 aliphatic rings. The summed E-state index contributed by atoms with van der Waals surface area (Å²) in [5, 5.41) is 13.9. The molecule has 3 aromatic carbocycles. The van der Waals surface area contributed by atoms with Crippen molar-refractivity contribution in [3.63, 3.8) is 0 Å². The van der Waals surface area contributed by atoms with Crippen LogP contribution in [0.2, 0.25) is 0 Å². The van der Waals surface area contributed by atoms with Gasteiger partial charge in [0.1, 0.15) is 24.4 Å². The first kappa shape index (κ1) is 20.1. The summed E-state index contributed by atoms with van der Waals surface area (Å²) in [5.74, 6) is 1.06. The van der Waals surface area contributed by atoms with E-state index in [0.29, 0.717) is 18.0 Å². The molecule has 0 bridgehead atoms. The summed E-state index contributed by atoms with van der Waals surface area (Å²) < 4.78 is 13.0. The average molecular weight is 415 g/mol. The molecule has 31 heavy (non-hydrogen) atoms. The van der Waals surface area contributed by atoms with Crippen molar-refractivity contribution in [1.29, 1.82) is 0 Å². The van der Waals surface area contributed by atoms with Gasteiger partial charge in [0.15, 0.2) is 6.10 Å². The summed E-state index contributed by atoms with van der Waals surface area (Å²) in [4.78, 5) is 12.5. The first-order chi connectivity index (χ1) is 15.2. The minimum Gasteiger partial charge on any atom is -0.489 e. The van der Waals surface area contributed by atoms with Crippen LogP contribution in [0.4, 0.5) is 5.69 Å². The molecule has 0 fully saturated rings. The van der Waals surface area contributed by atoms with Crippen LogP contribution in [0, 0.1) is 0 Å². The molecule has 1 N–H and O–H groups in total. The van der Waals surface area contributed by atoms with Crippen molar-refractivity contribution < 1.29 is 14.3 Å². The molecule has 0 spiro atoms. The van der Waals surface area contributed by atoms with Crippen LogP contribution >= 0.6 is 0 Å². The predicted molar refractivity (Wildman–Crippen MR) is 115 cm³/mol. The van der Waals surface area contributed by atoms with Gasteiger partial charge < -0.3 is 14.8 Å². The first-order valence-electron chi connectivity index (χ1n) is 9.75. The maximum atomic E-state index is 12.5. The third-order valence-electron chi connectivity index (χ3n) is 4.50. The van der Waals surface area contributed by atoms with E-state index in [1.807, 2.05) is 54.6 Å².